The molecule has 0 bridgehead atoms. The maximum atomic E-state index is 10.5. The van der Waals surface area contributed by atoms with Crippen molar-refractivity contribution in [3.05, 3.63) is 23.8 Å². The molecule has 4 nitrogen and oxygen atoms in total. The molecule has 1 atom stereocenters. The van der Waals surface area contributed by atoms with E-state index in [0.717, 1.165) is 11.3 Å². The highest BCUT2D eigenvalue weighted by Gasteiger charge is 2.64. The fourth-order valence-corrected chi connectivity index (χ4v) is 3.15. The molecule has 0 spiro atoms. The molecular formula is C17H27NO3. The van der Waals surface area contributed by atoms with Gasteiger partial charge in [-0.25, -0.2) is 0 Å². The van der Waals surface area contributed by atoms with Crippen LogP contribution in [0.3, 0.4) is 0 Å². The first-order chi connectivity index (χ1) is 9.75. The first-order valence-corrected chi connectivity index (χ1v) is 7.39. The van der Waals surface area contributed by atoms with Crippen LogP contribution in [0.25, 0.3) is 0 Å². The second kappa shape index (κ2) is 5.50. The van der Waals surface area contributed by atoms with Gasteiger partial charge >= 0.3 is 0 Å². The van der Waals surface area contributed by atoms with Gasteiger partial charge < -0.3 is 19.9 Å². The lowest BCUT2D eigenvalue weighted by molar-refractivity contribution is 0.167. The fourth-order valence-electron chi connectivity index (χ4n) is 3.15. The average Bonchev–Trinajstić information content (AvgIpc) is 2.85. The van der Waals surface area contributed by atoms with E-state index in [-0.39, 0.29) is 10.8 Å². The van der Waals surface area contributed by atoms with Crippen molar-refractivity contribution in [3.8, 4) is 11.5 Å². The summed E-state index contributed by atoms with van der Waals surface area (Å²) in [4.78, 5) is 0. The predicted octanol–water partition coefficient (Wildman–Crippen LogP) is 2.76. The van der Waals surface area contributed by atoms with Crippen molar-refractivity contribution in [2.24, 2.45) is 10.8 Å². The lowest BCUT2D eigenvalue weighted by Crippen LogP contribution is -2.27. The summed E-state index contributed by atoms with van der Waals surface area (Å²) in [5.41, 5.74) is 1.26. The summed E-state index contributed by atoms with van der Waals surface area (Å²) in [5.74, 6) is 1.40. The number of aliphatic hydroxyl groups is 1. The Bertz CT molecular complexity index is 497. The number of aliphatic hydroxyl groups excluding tert-OH is 1. The van der Waals surface area contributed by atoms with E-state index in [1.807, 2.05) is 18.2 Å². The normalized spacial score (nSPS) is 20.9. The van der Waals surface area contributed by atoms with Crippen LogP contribution >= 0.6 is 0 Å². The van der Waals surface area contributed by atoms with E-state index in [0.29, 0.717) is 18.3 Å². The lowest BCUT2D eigenvalue weighted by atomic mass is 10.0. The molecule has 1 aliphatic rings. The van der Waals surface area contributed by atoms with E-state index in [9.17, 15) is 5.11 Å². The largest absolute Gasteiger partial charge is 0.497 e. The molecule has 2 rings (SSSR count). The lowest BCUT2D eigenvalue weighted by Gasteiger charge is -2.17. The van der Waals surface area contributed by atoms with Crippen molar-refractivity contribution in [3.63, 3.8) is 0 Å². The Morgan fingerprint density at radius 2 is 1.76 bits per heavy atom. The first-order valence-electron chi connectivity index (χ1n) is 7.39. The Labute approximate surface area is 127 Å². The van der Waals surface area contributed by atoms with E-state index >= 15 is 0 Å². The van der Waals surface area contributed by atoms with Gasteiger partial charge in [-0.05, 0) is 29.0 Å². The Morgan fingerprint density at radius 1 is 1.14 bits per heavy atom. The molecule has 2 N–H and O–H groups in total. The Morgan fingerprint density at radius 3 is 2.24 bits per heavy atom. The van der Waals surface area contributed by atoms with Crippen molar-refractivity contribution in [2.75, 3.05) is 20.8 Å². The summed E-state index contributed by atoms with van der Waals surface area (Å²) < 4.78 is 10.5. The average molecular weight is 293 g/mol. The van der Waals surface area contributed by atoms with Gasteiger partial charge in [0, 0.05) is 18.2 Å². The third kappa shape index (κ3) is 2.74. The summed E-state index contributed by atoms with van der Waals surface area (Å²) in [5, 5.41) is 13.9. The van der Waals surface area contributed by atoms with Crippen LogP contribution in [0.4, 0.5) is 0 Å². The summed E-state index contributed by atoms with van der Waals surface area (Å²) in [6.45, 7) is 9.51. The van der Waals surface area contributed by atoms with Gasteiger partial charge in [0.1, 0.15) is 11.5 Å². The summed E-state index contributed by atoms with van der Waals surface area (Å²) >= 11 is 0. The van der Waals surface area contributed by atoms with E-state index in [1.54, 1.807) is 14.2 Å². The summed E-state index contributed by atoms with van der Waals surface area (Å²) in [7, 11) is 3.23. The third-order valence-corrected chi connectivity index (χ3v) is 5.33. The first kappa shape index (κ1) is 16.1. The molecule has 0 aromatic heterocycles. The number of nitrogens with one attached hydrogen (secondary N) is 1. The Balaban J connectivity index is 2.06. The van der Waals surface area contributed by atoms with Crippen LogP contribution in [0.1, 0.15) is 39.4 Å². The van der Waals surface area contributed by atoms with Crippen molar-refractivity contribution in [2.45, 2.75) is 39.8 Å². The smallest absolute Gasteiger partial charge is 0.124 e. The van der Waals surface area contributed by atoms with Crippen LogP contribution < -0.4 is 14.8 Å². The predicted molar refractivity (Wildman–Crippen MR) is 83.9 cm³/mol. The molecular weight excluding hydrogens is 266 g/mol. The molecule has 21 heavy (non-hydrogen) atoms. The fraction of sp³-hybridized carbons (Fsp3) is 0.647. The monoisotopic (exact) mass is 293 g/mol. The molecule has 0 aliphatic heterocycles. The molecule has 1 aliphatic carbocycles. The Kier molecular flexibility index (Phi) is 4.22. The SMILES string of the molecule is COc1ccc(OC)c(C(O)CNC2C(C)(C)C2(C)C)c1. The van der Waals surface area contributed by atoms with Crippen molar-refractivity contribution in [1.29, 1.82) is 0 Å². The number of methoxy groups -OCH3 is 2. The topological polar surface area (TPSA) is 50.7 Å². The molecule has 1 aromatic rings. The molecule has 1 unspecified atom stereocenters. The van der Waals surface area contributed by atoms with E-state index in [1.165, 1.54) is 0 Å². The molecule has 1 fully saturated rings. The van der Waals surface area contributed by atoms with Crippen molar-refractivity contribution in [1.82, 2.24) is 5.32 Å². The van der Waals surface area contributed by atoms with Crippen LogP contribution in [0, 0.1) is 10.8 Å². The third-order valence-electron chi connectivity index (χ3n) is 5.33. The minimum atomic E-state index is -0.623. The van der Waals surface area contributed by atoms with Crippen LogP contribution in [0.5, 0.6) is 11.5 Å². The van der Waals surface area contributed by atoms with Gasteiger partial charge in [-0.2, -0.15) is 0 Å². The van der Waals surface area contributed by atoms with E-state index < -0.39 is 6.10 Å². The highest BCUT2D eigenvalue weighted by Crippen LogP contribution is 2.62. The zero-order valence-corrected chi connectivity index (χ0v) is 13.9. The molecule has 1 aromatic carbocycles. The van der Waals surface area contributed by atoms with Crippen LogP contribution in [0.2, 0.25) is 0 Å². The molecule has 1 saturated carbocycles. The number of hydrogen-bond donors (Lipinski definition) is 2. The van der Waals surface area contributed by atoms with Crippen LogP contribution in [-0.2, 0) is 0 Å². The summed E-state index contributed by atoms with van der Waals surface area (Å²) in [6, 6.07) is 5.89. The number of benzene rings is 1. The van der Waals surface area contributed by atoms with Crippen LogP contribution in [-0.4, -0.2) is 31.9 Å². The number of ether oxygens (including phenoxy) is 2. The molecule has 0 saturated heterocycles. The van der Waals surface area contributed by atoms with Crippen LogP contribution in [0.15, 0.2) is 18.2 Å². The van der Waals surface area contributed by atoms with Gasteiger partial charge in [0.2, 0.25) is 0 Å². The molecule has 4 heteroatoms. The zero-order valence-electron chi connectivity index (χ0n) is 13.9. The number of hydrogen-bond acceptors (Lipinski definition) is 4. The van der Waals surface area contributed by atoms with Gasteiger partial charge in [-0.3, -0.25) is 0 Å². The minimum absolute atomic E-state index is 0.255. The molecule has 0 amide bonds. The van der Waals surface area contributed by atoms with E-state index in [2.05, 4.69) is 33.0 Å². The number of rotatable bonds is 6. The van der Waals surface area contributed by atoms with Gasteiger partial charge in [0.15, 0.2) is 0 Å². The minimum Gasteiger partial charge on any atom is -0.497 e. The second-order valence-electron chi connectivity index (χ2n) is 6.91. The standard InChI is InChI=1S/C17H27NO3/c1-16(2)15(17(16,3)4)18-10-13(19)12-9-11(20-5)7-8-14(12)21-6/h7-9,13,15,18-19H,10H2,1-6H3. The quantitative estimate of drug-likeness (QED) is 0.847. The second-order valence-corrected chi connectivity index (χ2v) is 6.91. The van der Waals surface area contributed by atoms with Crippen molar-refractivity contribution < 1.29 is 14.6 Å². The maximum absolute atomic E-state index is 10.5. The molecule has 0 radical (unpaired) electrons. The molecule has 0 heterocycles. The van der Waals surface area contributed by atoms with Gasteiger partial charge in [-0.1, -0.05) is 27.7 Å². The van der Waals surface area contributed by atoms with Gasteiger partial charge in [0.05, 0.1) is 20.3 Å². The van der Waals surface area contributed by atoms with Crippen molar-refractivity contribution >= 4 is 0 Å². The summed E-state index contributed by atoms with van der Waals surface area (Å²) in [6.07, 6.45) is -0.623. The zero-order chi connectivity index (χ0) is 15.8. The molecule has 118 valence electrons. The van der Waals surface area contributed by atoms with Gasteiger partial charge in [0.25, 0.3) is 0 Å². The highest BCUT2D eigenvalue weighted by molar-refractivity contribution is 5.41. The maximum Gasteiger partial charge on any atom is 0.124 e. The van der Waals surface area contributed by atoms with E-state index in [4.69, 9.17) is 9.47 Å². The van der Waals surface area contributed by atoms with Gasteiger partial charge in [-0.15, -0.1) is 0 Å². The Hall–Kier alpha value is -1.26. The highest BCUT2D eigenvalue weighted by atomic mass is 16.5.